The van der Waals surface area contributed by atoms with Gasteiger partial charge in [-0.1, -0.05) is 53.5 Å². The minimum Gasteiger partial charge on any atom is -0.307 e. The number of pyridine rings is 1. The normalized spacial score (nSPS) is 10.4. The number of nitrogens with zero attached hydrogens (tertiary/aromatic N) is 1. The van der Waals surface area contributed by atoms with E-state index in [0.29, 0.717) is 38.3 Å². The van der Waals surface area contributed by atoms with Crippen LogP contribution < -0.4 is 5.32 Å². The molecule has 29 heavy (non-hydrogen) atoms. The molecule has 0 aliphatic heterocycles. The number of carbonyl (C=O) groups excluding carboxylic acids is 2. The van der Waals surface area contributed by atoms with Crippen LogP contribution in [0.15, 0.2) is 60.8 Å². The van der Waals surface area contributed by atoms with Crippen LogP contribution in [-0.4, -0.2) is 22.4 Å². The molecule has 0 unspecified atom stereocenters. The van der Waals surface area contributed by atoms with Crippen molar-refractivity contribution in [1.29, 1.82) is 5.41 Å². The van der Waals surface area contributed by atoms with Gasteiger partial charge in [0.25, 0.3) is 5.91 Å². The molecule has 2 aromatic carbocycles. The lowest BCUT2D eigenvalue weighted by atomic mass is 9.97. The Hall–Kier alpha value is -3.02. The summed E-state index contributed by atoms with van der Waals surface area (Å²) in [6.45, 7) is 1.69. The van der Waals surface area contributed by atoms with E-state index in [1.54, 1.807) is 55.5 Å². The lowest BCUT2D eigenvalue weighted by molar-refractivity contribution is 0.0992. The maximum atomic E-state index is 12.7. The van der Waals surface area contributed by atoms with Crippen LogP contribution in [0.2, 0.25) is 10.0 Å². The maximum Gasteiger partial charge on any atom is 0.257 e. The van der Waals surface area contributed by atoms with Gasteiger partial charge in [-0.25, -0.2) is 4.98 Å². The molecule has 0 atom stereocenters. The molecule has 0 aliphatic carbocycles. The zero-order chi connectivity index (χ0) is 21.0. The number of aromatic nitrogens is 1. The quantitative estimate of drug-likeness (QED) is 0.406. The highest BCUT2D eigenvalue weighted by molar-refractivity contribution is 6.31. The molecule has 146 valence electrons. The Morgan fingerprint density at radius 2 is 1.62 bits per heavy atom. The van der Waals surface area contributed by atoms with Gasteiger partial charge in [-0.15, -0.1) is 0 Å². The van der Waals surface area contributed by atoms with Crippen LogP contribution in [0.5, 0.6) is 0 Å². The summed E-state index contributed by atoms with van der Waals surface area (Å²) >= 11 is 11.9. The van der Waals surface area contributed by atoms with E-state index in [-0.39, 0.29) is 12.2 Å². The van der Waals surface area contributed by atoms with Crippen molar-refractivity contribution in [1.82, 2.24) is 4.98 Å². The monoisotopic (exact) mass is 425 g/mol. The Labute approximate surface area is 178 Å². The first-order valence-corrected chi connectivity index (χ1v) is 9.49. The van der Waals surface area contributed by atoms with Crippen molar-refractivity contribution < 1.29 is 9.59 Å². The number of hydrogen-bond donors (Lipinski definition) is 2. The average molecular weight is 426 g/mol. The van der Waals surface area contributed by atoms with Crippen LogP contribution in [0.1, 0.15) is 38.8 Å². The summed E-state index contributed by atoms with van der Waals surface area (Å²) in [6.07, 6.45) is 1.47. The molecule has 1 aromatic heterocycles. The lowest BCUT2D eigenvalue weighted by Crippen LogP contribution is -2.17. The molecule has 0 saturated carbocycles. The fourth-order valence-corrected chi connectivity index (χ4v) is 3.01. The SMILES string of the molecule is CC(=N)c1ccc(C(=O)Cc2ccc(Cl)cc2C(=O)Nc2ccc(Cl)cn2)cc1. The number of anilines is 1. The second-order valence-corrected chi connectivity index (χ2v) is 7.29. The number of rotatable bonds is 6. The first-order chi connectivity index (χ1) is 13.8. The van der Waals surface area contributed by atoms with E-state index in [0.717, 1.165) is 5.56 Å². The second kappa shape index (κ2) is 8.99. The molecule has 5 nitrogen and oxygen atoms in total. The highest BCUT2D eigenvalue weighted by Gasteiger charge is 2.16. The van der Waals surface area contributed by atoms with Crippen LogP contribution in [0.4, 0.5) is 5.82 Å². The van der Waals surface area contributed by atoms with Gasteiger partial charge < -0.3 is 10.7 Å². The topological polar surface area (TPSA) is 82.9 Å². The molecule has 7 heteroatoms. The largest absolute Gasteiger partial charge is 0.307 e. The van der Waals surface area contributed by atoms with E-state index in [1.807, 2.05) is 0 Å². The summed E-state index contributed by atoms with van der Waals surface area (Å²) in [5.41, 5.74) is 2.54. The van der Waals surface area contributed by atoms with E-state index < -0.39 is 5.91 Å². The molecule has 1 amide bonds. The van der Waals surface area contributed by atoms with Gasteiger partial charge in [-0.2, -0.15) is 0 Å². The predicted octanol–water partition coefficient (Wildman–Crippen LogP) is 5.45. The number of benzene rings is 2. The van der Waals surface area contributed by atoms with Gasteiger partial charge in [0.2, 0.25) is 0 Å². The smallest absolute Gasteiger partial charge is 0.257 e. The zero-order valence-electron chi connectivity index (χ0n) is 15.5. The highest BCUT2D eigenvalue weighted by atomic mass is 35.5. The summed E-state index contributed by atoms with van der Waals surface area (Å²) in [5, 5.41) is 11.2. The molecular formula is C22H17Cl2N3O2. The fraction of sp³-hybridized carbons (Fsp3) is 0.0909. The van der Waals surface area contributed by atoms with E-state index >= 15 is 0 Å². The van der Waals surface area contributed by atoms with Crippen molar-refractivity contribution in [2.24, 2.45) is 0 Å². The van der Waals surface area contributed by atoms with Gasteiger partial charge in [0, 0.05) is 34.5 Å². The molecule has 0 spiro atoms. The van der Waals surface area contributed by atoms with E-state index in [2.05, 4.69) is 10.3 Å². The predicted molar refractivity (Wildman–Crippen MR) is 116 cm³/mol. The standard InChI is InChI=1S/C22H17Cl2N3O2/c1-13(25)14-2-4-15(5-3-14)20(28)10-16-6-7-17(23)11-19(16)22(29)27-21-9-8-18(24)12-26-21/h2-9,11-12,25H,10H2,1H3,(H,26,27,29). The van der Waals surface area contributed by atoms with Crippen molar-refractivity contribution in [3.8, 4) is 0 Å². The van der Waals surface area contributed by atoms with Crippen LogP contribution in [0, 0.1) is 5.41 Å². The molecular weight excluding hydrogens is 409 g/mol. The van der Waals surface area contributed by atoms with Gasteiger partial charge in [0.1, 0.15) is 5.82 Å². The third kappa shape index (κ3) is 5.28. The van der Waals surface area contributed by atoms with E-state index in [1.165, 1.54) is 12.3 Å². The van der Waals surface area contributed by atoms with Gasteiger partial charge >= 0.3 is 0 Å². The number of amides is 1. The lowest BCUT2D eigenvalue weighted by Gasteiger charge is -2.11. The molecule has 0 bridgehead atoms. The Morgan fingerprint density at radius 3 is 2.24 bits per heavy atom. The number of hydrogen-bond acceptors (Lipinski definition) is 4. The third-order valence-electron chi connectivity index (χ3n) is 4.28. The molecule has 0 aliphatic rings. The number of ketones is 1. The minimum atomic E-state index is -0.417. The highest BCUT2D eigenvalue weighted by Crippen LogP contribution is 2.20. The first-order valence-electron chi connectivity index (χ1n) is 8.73. The molecule has 0 saturated heterocycles. The average Bonchev–Trinajstić information content (AvgIpc) is 2.71. The Balaban J connectivity index is 1.82. The third-order valence-corrected chi connectivity index (χ3v) is 4.74. The molecule has 0 radical (unpaired) electrons. The fourth-order valence-electron chi connectivity index (χ4n) is 2.73. The van der Waals surface area contributed by atoms with Crippen molar-refractivity contribution in [3.05, 3.63) is 93.1 Å². The molecule has 0 fully saturated rings. The number of nitrogens with one attached hydrogen (secondary N) is 2. The summed E-state index contributed by atoms with van der Waals surface area (Å²) in [6, 6.07) is 14.9. The van der Waals surface area contributed by atoms with Crippen LogP contribution in [0.25, 0.3) is 0 Å². The van der Waals surface area contributed by atoms with Crippen molar-refractivity contribution in [2.45, 2.75) is 13.3 Å². The number of Topliss-reactive ketones (excluding diaryl/α,β-unsaturated/α-hetero) is 1. The molecule has 2 N–H and O–H groups in total. The molecule has 3 aromatic rings. The van der Waals surface area contributed by atoms with Gasteiger partial charge in [-0.3, -0.25) is 9.59 Å². The summed E-state index contributed by atoms with van der Waals surface area (Å²) < 4.78 is 0. The zero-order valence-corrected chi connectivity index (χ0v) is 17.0. The summed E-state index contributed by atoms with van der Waals surface area (Å²) in [7, 11) is 0. The first kappa shape index (κ1) is 20.7. The summed E-state index contributed by atoms with van der Waals surface area (Å²) in [5.74, 6) is -0.214. The van der Waals surface area contributed by atoms with Gasteiger partial charge in [0.15, 0.2) is 5.78 Å². The van der Waals surface area contributed by atoms with Crippen LogP contribution in [-0.2, 0) is 6.42 Å². The summed E-state index contributed by atoms with van der Waals surface area (Å²) in [4.78, 5) is 29.5. The Bertz CT molecular complexity index is 1080. The Morgan fingerprint density at radius 1 is 0.966 bits per heavy atom. The minimum absolute atomic E-state index is 0.0386. The van der Waals surface area contributed by atoms with Crippen molar-refractivity contribution >= 4 is 46.4 Å². The number of carbonyl (C=O) groups is 2. The Kier molecular flexibility index (Phi) is 6.42. The van der Waals surface area contributed by atoms with Crippen molar-refractivity contribution in [3.63, 3.8) is 0 Å². The van der Waals surface area contributed by atoms with E-state index in [9.17, 15) is 9.59 Å². The van der Waals surface area contributed by atoms with Gasteiger partial charge in [0.05, 0.1) is 5.02 Å². The van der Waals surface area contributed by atoms with Crippen LogP contribution in [0.3, 0.4) is 0 Å². The van der Waals surface area contributed by atoms with Crippen LogP contribution >= 0.6 is 23.2 Å². The molecule has 1 heterocycles. The van der Waals surface area contributed by atoms with Gasteiger partial charge in [-0.05, 0) is 42.3 Å². The second-order valence-electron chi connectivity index (χ2n) is 6.42. The van der Waals surface area contributed by atoms with E-state index in [4.69, 9.17) is 28.6 Å². The maximum absolute atomic E-state index is 12.7. The van der Waals surface area contributed by atoms with Crippen molar-refractivity contribution in [2.75, 3.05) is 5.32 Å². The molecule has 3 rings (SSSR count). The number of halogens is 2.